The van der Waals surface area contributed by atoms with Crippen LogP contribution >= 0.6 is 11.0 Å². The fourth-order valence-electron chi connectivity index (χ4n) is 4.77. The first-order valence-corrected chi connectivity index (χ1v) is 13.1. The van der Waals surface area contributed by atoms with Gasteiger partial charge in [0.25, 0.3) is 5.91 Å². The number of anilines is 1. The molecule has 3 aromatic rings. The number of aryl methyl sites for hydroxylation is 2. The van der Waals surface area contributed by atoms with Crippen molar-refractivity contribution >= 4 is 39.3 Å². The minimum atomic E-state index is -3.35. The van der Waals surface area contributed by atoms with E-state index >= 15 is 0 Å². The number of hydrogen-bond acceptors (Lipinski definition) is 8. The maximum Gasteiger partial charge on any atom is 0.254 e. The number of pyridine rings is 1. The normalized spacial score (nSPS) is 19.9. The Hall–Kier alpha value is -3.34. The Labute approximate surface area is 205 Å². The van der Waals surface area contributed by atoms with Gasteiger partial charge in [0.15, 0.2) is 5.84 Å². The first kappa shape index (κ1) is 23.4. The van der Waals surface area contributed by atoms with Crippen molar-refractivity contribution in [3.8, 4) is 5.75 Å². The number of nitrogens with two attached hydrogens (primary N) is 1. The number of nitrogens with zero attached hydrogens (tertiary/aromatic N) is 3. The summed E-state index contributed by atoms with van der Waals surface area (Å²) in [5, 5.41) is 0.878. The average Bonchev–Trinajstić information content (AvgIpc) is 2.81. The van der Waals surface area contributed by atoms with Crippen molar-refractivity contribution in [2.75, 3.05) is 24.4 Å². The summed E-state index contributed by atoms with van der Waals surface area (Å²) < 4.78 is 32.2. The molecule has 1 aromatic heterocycles. The van der Waals surface area contributed by atoms with Crippen LogP contribution in [0.3, 0.4) is 0 Å². The number of nitrogens with one attached hydrogen (secondary N) is 1. The molecule has 5 N–H and O–H groups in total. The topological polar surface area (TPSA) is 133 Å². The number of aromatic nitrogens is 1. The van der Waals surface area contributed by atoms with Crippen molar-refractivity contribution < 1.29 is 18.6 Å². The molecule has 1 amide bonds. The molecule has 5 rings (SSSR count). The smallest absolute Gasteiger partial charge is 0.254 e. The molecule has 0 saturated carbocycles. The quantitative estimate of drug-likeness (QED) is 0.419. The summed E-state index contributed by atoms with van der Waals surface area (Å²) in [7, 11) is -3.35. The van der Waals surface area contributed by atoms with Crippen LogP contribution in [0.2, 0.25) is 0 Å². The van der Waals surface area contributed by atoms with Gasteiger partial charge in [-0.25, -0.2) is 0 Å². The van der Waals surface area contributed by atoms with E-state index in [0.717, 1.165) is 35.0 Å². The van der Waals surface area contributed by atoms with Crippen LogP contribution in [-0.4, -0.2) is 50.4 Å². The molecule has 0 bridgehead atoms. The molecule has 1 saturated heterocycles. The fourth-order valence-corrected chi connectivity index (χ4v) is 5.64. The van der Waals surface area contributed by atoms with Crippen molar-refractivity contribution in [2.45, 2.75) is 26.7 Å². The number of carbonyl (C=O) groups excluding carboxylic acids is 1. The van der Waals surface area contributed by atoms with Crippen LogP contribution in [0.4, 0.5) is 5.69 Å². The SMILES string of the molecule is Cc1ccc2nc(C)cc(C(=O)N3CCCC(COc4cccc5c4C(N)=NS(O)(O)N5)C3)c2c1. The first-order valence-electron chi connectivity index (χ1n) is 11.5. The molecule has 2 aromatic carbocycles. The van der Waals surface area contributed by atoms with E-state index in [4.69, 9.17) is 10.5 Å². The maximum absolute atomic E-state index is 13.6. The molecular formula is C25H29N5O4S. The number of piperidine rings is 1. The van der Waals surface area contributed by atoms with Gasteiger partial charge in [-0.15, -0.1) is 4.40 Å². The maximum atomic E-state index is 13.6. The Kier molecular flexibility index (Phi) is 6.04. The van der Waals surface area contributed by atoms with Crippen LogP contribution in [0.15, 0.2) is 46.9 Å². The van der Waals surface area contributed by atoms with E-state index in [9.17, 15) is 13.9 Å². The van der Waals surface area contributed by atoms with E-state index in [0.29, 0.717) is 42.3 Å². The Morgan fingerprint density at radius 3 is 2.91 bits per heavy atom. The van der Waals surface area contributed by atoms with Crippen LogP contribution in [0.5, 0.6) is 5.75 Å². The van der Waals surface area contributed by atoms with Crippen LogP contribution in [0.25, 0.3) is 10.9 Å². The molecule has 0 radical (unpaired) electrons. The number of hydrogen-bond donors (Lipinski definition) is 4. The summed E-state index contributed by atoms with van der Waals surface area (Å²) in [6, 6.07) is 13.1. The van der Waals surface area contributed by atoms with Crippen molar-refractivity contribution in [3.63, 3.8) is 0 Å². The van der Waals surface area contributed by atoms with Gasteiger partial charge < -0.3 is 15.4 Å². The molecule has 35 heavy (non-hydrogen) atoms. The van der Waals surface area contributed by atoms with E-state index in [2.05, 4.69) is 14.1 Å². The van der Waals surface area contributed by atoms with E-state index in [1.165, 1.54) is 0 Å². The van der Waals surface area contributed by atoms with Gasteiger partial charge in [0.05, 0.1) is 28.9 Å². The van der Waals surface area contributed by atoms with Gasteiger partial charge >= 0.3 is 0 Å². The molecule has 10 heteroatoms. The standard InChI is InChI=1S/C25H29N5O4S/c1-15-8-9-20-18(11-15)19(12-16(2)27-20)25(31)30-10-4-5-17(13-30)14-34-22-7-3-6-21-23(22)24(26)29-35(32,33)28-21/h3,6-9,11-12,17,28,32-33H,4-5,10,13-14H2,1-2H3,(H2,26,29). The summed E-state index contributed by atoms with van der Waals surface area (Å²) in [4.78, 5) is 20.1. The number of benzene rings is 2. The Morgan fingerprint density at radius 1 is 1.26 bits per heavy atom. The molecule has 184 valence electrons. The molecular weight excluding hydrogens is 466 g/mol. The summed E-state index contributed by atoms with van der Waals surface area (Å²) in [5.74, 6) is 0.694. The fraction of sp³-hybridized carbons (Fsp3) is 0.320. The Balaban J connectivity index is 1.32. The van der Waals surface area contributed by atoms with Crippen molar-refractivity contribution in [3.05, 3.63) is 64.8 Å². The molecule has 0 spiro atoms. The highest BCUT2D eigenvalue weighted by molar-refractivity contribution is 8.24. The largest absolute Gasteiger partial charge is 0.492 e. The van der Waals surface area contributed by atoms with Crippen molar-refractivity contribution in [1.29, 1.82) is 0 Å². The van der Waals surface area contributed by atoms with Crippen LogP contribution < -0.4 is 15.2 Å². The van der Waals surface area contributed by atoms with Gasteiger partial charge in [0, 0.05) is 30.1 Å². The molecule has 9 nitrogen and oxygen atoms in total. The monoisotopic (exact) mass is 495 g/mol. The molecule has 3 heterocycles. The first-order chi connectivity index (χ1) is 16.7. The lowest BCUT2D eigenvalue weighted by atomic mass is 9.97. The second-order valence-electron chi connectivity index (χ2n) is 9.18. The minimum Gasteiger partial charge on any atom is -0.492 e. The highest BCUT2D eigenvalue weighted by Gasteiger charge is 2.28. The van der Waals surface area contributed by atoms with Crippen LogP contribution in [-0.2, 0) is 0 Å². The summed E-state index contributed by atoms with van der Waals surface area (Å²) in [6.45, 7) is 5.61. The minimum absolute atomic E-state index is 0.0127. The molecule has 0 aliphatic carbocycles. The third-order valence-corrected chi connectivity index (χ3v) is 7.30. The zero-order valence-electron chi connectivity index (χ0n) is 19.7. The Bertz CT molecular complexity index is 1340. The zero-order valence-corrected chi connectivity index (χ0v) is 20.5. The number of ether oxygens (including phenoxy) is 1. The molecule has 2 aliphatic heterocycles. The van der Waals surface area contributed by atoms with E-state index in [1.54, 1.807) is 18.2 Å². The van der Waals surface area contributed by atoms with Gasteiger partial charge in [-0.1, -0.05) is 17.7 Å². The van der Waals surface area contributed by atoms with Gasteiger partial charge in [-0.05, 0) is 68.0 Å². The third kappa shape index (κ3) is 4.77. The summed E-state index contributed by atoms with van der Waals surface area (Å²) in [5.41, 5.74) is 10.4. The van der Waals surface area contributed by atoms with Gasteiger partial charge in [0.2, 0.25) is 0 Å². The summed E-state index contributed by atoms with van der Waals surface area (Å²) >= 11 is 0. The zero-order chi connectivity index (χ0) is 24.7. The lowest BCUT2D eigenvalue weighted by Crippen LogP contribution is -2.41. The van der Waals surface area contributed by atoms with Crippen LogP contribution in [0.1, 0.15) is 40.0 Å². The molecule has 1 atom stereocenters. The molecule has 2 aliphatic rings. The van der Waals surface area contributed by atoms with Crippen molar-refractivity contribution in [2.24, 2.45) is 16.0 Å². The van der Waals surface area contributed by atoms with Gasteiger partial charge in [0.1, 0.15) is 5.75 Å². The lowest BCUT2D eigenvalue weighted by Gasteiger charge is -2.35. The predicted molar refractivity (Wildman–Crippen MR) is 139 cm³/mol. The van der Waals surface area contributed by atoms with Crippen molar-refractivity contribution in [1.82, 2.24) is 9.88 Å². The second kappa shape index (κ2) is 9.03. The molecule has 1 unspecified atom stereocenters. The Morgan fingerprint density at radius 2 is 2.09 bits per heavy atom. The lowest BCUT2D eigenvalue weighted by molar-refractivity contribution is 0.0635. The van der Waals surface area contributed by atoms with E-state index < -0.39 is 11.0 Å². The van der Waals surface area contributed by atoms with E-state index in [-0.39, 0.29) is 17.7 Å². The van der Waals surface area contributed by atoms with E-state index in [1.807, 2.05) is 43.0 Å². The predicted octanol–water partition coefficient (Wildman–Crippen LogP) is 4.49. The number of rotatable bonds is 4. The number of likely N-dealkylation sites (tertiary alicyclic amines) is 1. The highest BCUT2D eigenvalue weighted by Crippen LogP contribution is 2.46. The highest BCUT2D eigenvalue weighted by atomic mass is 32.3. The van der Waals surface area contributed by atoms with Crippen LogP contribution in [0, 0.1) is 19.8 Å². The number of amides is 1. The number of amidine groups is 1. The number of carbonyl (C=O) groups is 1. The number of fused-ring (bicyclic) bond motifs is 2. The van der Waals surface area contributed by atoms with Gasteiger partial charge in [-0.2, -0.15) is 0 Å². The third-order valence-electron chi connectivity index (χ3n) is 6.36. The van der Waals surface area contributed by atoms with Gasteiger partial charge in [-0.3, -0.25) is 23.6 Å². The molecule has 1 fully saturated rings. The second-order valence-corrected chi connectivity index (χ2v) is 10.6. The average molecular weight is 496 g/mol. The summed E-state index contributed by atoms with van der Waals surface area (Å²) in [6.07, 6.45) is 1.83.